The minimum atomic E-state index is -0.679. The summed E-state index contributed by atoms with van der Waals surface area (Å²) in [6, 6.07) is 0. The summed E-state index contributed by atoms with van der Waals surface area (Å²) in [5.74, 6) is 0. The van der Waals surface area contributed by atoms with Crippen molar-refractivity contribution in [3.05, 3.63) is 0 Å². The lowest BCUT2D eigenvalue weighted by molar-refractivity contribution is -0.0994. The van der Waals surface area contributed by atoms with E-state index in [0.29, 0.717) is 13.2 Å². The topological polar surface area (TPSA) is 38.7 Å². The number of ether oxygens (including phenoxy) is 2. The first-order chi connectivity index (χ1) is 8.27. The summed E-state index contributed by atoms with van der Waals surface area (Å²) in [7, 11) is 0. The van der Waals surface area contributed by atoms with E-state index in [-0.39, 0.29) is 0 Å². The van der Waals surface area contributed by atoms with Crippen molar-refractivity contribution in [2.75, 3.05) is 19.8 Å². The van der Waals surface area contributed by atoms with Gasteiger partial charge in [-0.2, -0.15) is 0 Å². The third-order valence-electron chi connectivity index (χ3n) is 2.73. The van der Waals surface area contributed by atoms with Crippen LogP contribution in [0.4, 0.5) is 0 Å². The standard InChI is InChI=1S/C14H30O3/c1-3-4-5-6-7-8-9-10-11-16-12-13-17-14(2)15/h14-15H,3-13H2,1-2H3. The molecular weight excluding hydrogens is 216 g/mol. The summed E-state index contributed by atoms with van der Waals surface area (Å²) in [4.78, 5) is 0. The van der Waals surface area contributed by atoms with Gasteiger partial charge in [0, 0.05) is 6.61 Å². The highest BCUT2D eigenvalue weighted by Crippen LogP contribution is 2.08. The predicted octanol–water partition coefficient (Wildman–Crippen LogP) is 3.50. The lowest BCUT2D eigenvalue weighted by atomic mass is 10.1. The summed E-state index contributed by atoms with van der Waals surface area (Å²) in [6.45, 7) is 5.74. The fourth-order valence-corrected chi connectivity index (χ4v) is 1.72. The zero-order valence-electron chi connectivity index (χ0n) is 11.6. The number of unbranched alkanes of at least 4 members (excludes halogenated alkanes) is 7. The van der Waals surface area contributed by atoms with Gasteiger partial charge in [-0.15, -0.1) is 0 Å². The summed E-state index contributed by atoms with van der Waals surface area (Å²) < 4.78 is 10.3. The Morgan fingerprint density at radius 3 is 2.00 bits per heavy atom. The van der Waals surface area contributed by atoms with Gasteiger partial charge in [-0.1, -0.05) is 51.9 Å². The molecule has 0 amide bonds. The Morgan fingerprint density at radius 1 is 0.824 bits per heavy atom. The SMILES string of the molecule is CCCCCCCCCCOCCOC(C)O. The van der Waals surface area contributed by atoms with Gasteiger partial charge in [-0.3, -0.25) is 0 Å². The molecular formula is C14H30O3. The number of aliphatic hydroxyl groups excluding tert-OH is 1. The van der Waals surface area contributed by atoms with Gasteiger partial charge in [0.1, 0.15) is 0 Å². The number of rotatable bonds is 13. The summed E-state index contributed by atoms with van der Waals surface area (Å²) in [6.07, 6.45) is 9.91. The van der Waals surface area contributed by atoms with Crippen molar-refractivity contribution in [3.63, 3.8) is 0 Å². The molecule has 0 aromatic rings. The molecule has 1 atom stereocenters. The van der Waals surface area contributed by atoms with Crippen LogP contribution in [0.1, 0.15) is 65.2 Å². The smallest absolute Gasteiger partial charge is 0.151 e. The molecule has 0 heterocycles. The molecule has 1 N–H and O–H groups in total. The Balaban J connectivity index is 2.89. The second-order valence-electron chi connectivity index (χ2n) is 4.56. The van der Waals surface area contributed by atoms with E-state index < -0.39 is 6.29 Å². The first-order valence-electron chi connectivity index (χ1n) is 7.14. The van der Waals surface area contributed by atoms with Crippen LogP contribution in [0.25, 0.3) is 0 Å². The molecule has 0 spiro atoms. The molecule has 0 fully saturated rings. The molecule has 0 radical (unpaired) electrons. The number of aliphatic hydroxyl groups is 1. The van der Waals surface area contributed by atoms with E-state index in [9.17, 15) is 0 Å². The lowest BCUT2D eigenvalue weighted by Crippen LogP contribution is -2.12. The van der Waals surface area contributed by atoms with Crippen molar-refractivity contribution in [1.82, 2.24) is 0 Å². The maximum Gasteiger partial charge on any atom is 0.151 e. The van der Waals surface area contributed by atoms with Gasteiger partial charge in [0.15, 0.2) is 6.29 Å². The molecule has 17 heavy (non-hydrogen) atoms. The third kappa shape index (κ3) is 15.9. The van der Waals surface area contributed by atoms with Gasteiger partial charge in [0.25, 0.3) is 0 Å². The Labute approximate surface area is 107 Å². The van der Waals surface area contributed by atoms with Crippen LogP contribution in [-0.2, 0) is 9.47 Å². The van der Waals surface area contributed by atoms with Crippen LogP contribution in [-0.4, -0.2) is 31.2 Å². The third-order valence-corrected chi connectivity index (χ3v) is 2.73. The Morgan fingerprint density at radius 2 is 1.41 bits per heavy atom. The van der Waals surface area contributed by atoms with Gasteiger partial charge < -0.3 is 14.6 Å². The molecule has 0 saturated heterocycles. The normalized spacial score (nSPS) is 12.9. The van der Waals surface area contributed by atoms with Gasteiger partial charge >= 0.3 is 0 Å². The maximum absolute atomic E-state index is 8.84. The van der Waals surface area contributed by atoms with E-state index >= 15 is 0 Å². The molecule has 3 heteroatoms. The van der Waals surface area contributed by atoms with E-state index in [4.69, 9.17) is 14.6 Å². The monoisotopic (exact) mass is 246 g/mol. The minimum Gasteiger partial charge on any atom is -0.379 e. The van der Waals surface area contributed by atoms with E-state index in [1.54, 1.807) is 6.92 Å². The largest absolute Gasteiger partial charge is 0.379 e. The van der Waals surface area contributed by atoms with E-state index in [2.05, 4.69) is 6.92 Å². The van der Waals surface area contributed by atoms with Crippen molar-refractivity contribution in [2.24, 2.45) is 0 Å². The van der Waals surface area contributed by atoms with Gasteiger partial charge in [0.05, 0.1) is 13.2 Å². The van der Waals surface area contributed by atoms with Gasteiger partial charge in [-0.05, 0) is 13.3 Å². The fraction of sp³-hybridized carbons (Fsp3) is 1.00. The zero-order chi connectivity index (χ0) is 12.8. The Hall–Kier alpha value is -0.120. The predicted molar refractivity (Wildman–Crippen MR) is 71.1 cm³/mol. The highest BCUT2D eigenvalue weighted by Gasteiger charge is 1.95. The second kappa shape index (κ2) is 13.9. The average molecular weight is 246 g/mol. The Kier molecular flexibility index (Phi) is 13.8. The molecule has 0 aliphatic heterocycles. The highest BCUT2D eigenvalue weighted by molar-refractivity contribution is 4.45. The summed E-state index contributed by atoms with van der Waals surface area (Å²) >= 11 is 0. The first kappa shape index (κ1) is 16.9. The van der Waals surface area contributed by atoms with Crippen molar-refractivity contribution >= 4 is 0 Å². The lowest BCUT2D eigenvalue weighted by Gasteiger charge is -2.07. The molecule has 0 aliphatic rings. The van der Waals surface area contributed by atoms with Crippen LogP contribution >= 0.6 is 0 Å². The van der Waals surface area contributed by atoms with Crippen LogP contribution in [0.2, 0.25) is 0 Å². The van der Waals surface area contributed by atoms with Crippen LogP contribution in [0.15, 0.2) is 0 Å². The molecule has 0 bridgehead atoms. The molecule has 0 rings (SSSR count). The average Bonchev–Trinajstić information content (AvgIpc) is 2.30. The van der Waals surface area contributed by atoms with Crippen LogP contribution < -0.4 is 0 Å². The maximum atomic E-state index is 8.84. The van der Waals surface area contributed by atoms with Crippen molar-refractivity contribution in [3.8, 4) is 0 Å². The quantitative estimate of drug-likeness (QED) is 0.399. The minimum absolute atomic E-state index is 0.481. The molecule has 0 aromatic heterocycles. The highest BCUT2D eigenvalue weighted by atomic mass is 16.6. The van der Waals surface area contributed by atoms with Gasteiger partial charge in [0.2, 0.25) is 0 Å². The number of hydrogen-bond acceptors (Lipinski definition) is 3. The van der Waals surface area contributed by atoms with Crippen LogP contribution in [0.3, 0.4) is 0 Å². The van der Waals surface area contributed by atoms with Crippen molar-refractivity contribution < 1.29 is 14.6 Å². The molecule has 1 unspecified atom stereocenters. The zero-order valence-corrected chi connectivity index (χ0v) is 11.6. The molecule has 3 nitrogen and oxygen atoms in total. The van der Waals surface area contributed by atoms with Crippen LogP contribution in [0, 0.1) is 0 Å². The fourth-order valence-electron chi connectivity index (χ4n) is 1.72. The van der Waals surface area contributed by atoms with Crippen molar-refractivity contribution in [1.29, 1.82) is 0 Å². The van der Waals surface area contributed by atoms with Gasteiger partial charge in [-0.25, -0.2) is 0 Å². The first-order valence-corrected chi connectivity index (χ1v) is 7.14. The van der Waals surface area contributed by atoms with E-state index in [1.165, 1.54) is 44.9 Å². The molecule has 104 valence electrons. The van der Waals surface area contributed by atoms with Crippen molar-refractivity contribution in [2.45, 2.75) is 71.5 Å². The number of hydrogen-bond donors (Lipinski definition) is 1. The summed E-state index contributed by atoms with van der Waals surface area (Å²) in [5.41, 5.74) is 0. The Bertz CT molecular complexity index is 137. The molecule has 0 aromatic carbocycles. The molecule has 0 aliphatic carbocycles. The van der Waals surface area contributed by atoms with Crippen LogP contribution in [0.5, 0.6) is 0 Å². The van der Waals surface area contributed by atoms with E-state index in [0.717, 1.165) is 13.0 Å². The second-order valence-corrected chi connectivity index (χ2v) is 4.56. The molecule has 0 saturated carbocycles. The summed E-state index contributed by atoms with van der Waals surface area (Å²) in [5, 5.41) is 8.84. The van der Waals surface area contributed by atoms with E-state index in [1.807, 2.05) is 0 Å².